The third kappa shape index (κ3) is 6.16. The average Bonchev–Trinajstić information content (AvgIpc) is 3.32. The molecule has 2 heterocycles. The number of thiophene rings is 1. The summed E-state index contributed by atoms with van der Waals surface area (Å²) >= 11 is 4.43. The quantitative estimate of drug-likeness (QED) is 0.425. The van der Waals surface area contributed by atoms with Gasteiger partial charge < -0.3 is 10.6 Å². The number of benzene rings is 1. The summed E-state index contributed by atoms with van der Waals surface area (Å²) in [5.74, 6) is 0.418. The van der Waals surface area contributed by atoms with Gasteiger partial charge in [-0.1, -0.05) is 59.5 Å². The molecule has 2 amide bonds. The van der Waals surface area contributed by atoms with Crippen LogP contribution in [-0.2, 0) is 15.3 Å². The van der Waals surface area contributed by atoms with E-state index in [4.69, 9.17) is 0 Å². The van der Waals surface area contributed by atoms with Gasteiger partial charge in [0.25, 0.3) is 0 Å². The Morgan fingerprint density at radius 2 is 1.96 bits per heavy atom. The van der Waals surface area contributed by atoms with Crippen LogP contribution in [0.5, 0.6) is 0 Å². The first-order chi connectivity index (χ1) is 13.1. The number of thioether (sulfide) groups is 1. The molecule has 0 spiro atoms. The molecule has 140 valence electrons. The highest BCUT2D eigenvalue weighted by Gasteiger charge is 2.19. The molecule has 6 nitrogen and oxygen atoms in total. The second-order valence-electron chi connectivity index (χ2n) is 5.67. The molecule has 1 aromatic carbocycles. The van der Waals surface area contributed by atoms with Crippen LogP contribution >= 0.6 is 34.4 Å². The van der Waals surface area contributed by atoms with Crippen LogP contribution in [0.1, 0.15) is 29.8 Å². The number of hydrogen-bond acceptors (Lipinski definition) is 7. The lowest BCUT2D eigenvalue weighted by Gasteiger charge is -2.15. The van der Waals surface area contributed by atoms with Gasteiger partial charge in [-0.2, -0.15) is 0 Å². The summed E-state index contributed by atoms with van der Waals surface area (Å²) in [5, 5.41) is 16.1. The predicted molar refractivity (Wildman–Crippen MR) is 110 cm³/mol. The Balaban J connectivity index is 1.54. The number of anilines is 1. The molecule has 3 rings (SSSR count). The highest BCUT2D eigenvalue weighted by molar-refractivity contribution is 8.00. The summed E-state index contributed by atoms with van der Waals surface area (Å²) in [4.78, 5) is 24.7. The molecular weight excluding hydrogens is 400 g/mol. The fourth-order valence-corrected chi connectivity index (χ4v) is 4.85. The molecule has 0 bridgehead atoms. The van der Waals surface area contributed by atoms with Crippen molar-refractivity contribution in [1.82, 2.24) is 15.5 Å². The van der Waals surface area contributed by atoms with Crippen LogP contribution < -0.4 is 10.6 Å². The van der Waals surface area contributed by atoms with Crippen molar-refractivity contribution < 1.29 is 9.59 Å². The van der Waals surface area contributed by atoms with Crippen LogP contribution in [0, 0.1) is 0 Å². The number of carbonyl (C=O) groups is 2. The van der Waals surface area contributed by atoms with Gasteiger partial charge in [0.15, 0.2) is 4.34 Å². The Labute approximate surface area is 169 Å². The summed E-state index contributed by atoms with van der Waals surface area (Å²) in [5.41, 5.74) is 1.21. The smallest absolute Gasteiger partial charge is 0.228 e. The topological polar surface area (TPSA) is 84.0 Å². The van der Waals surface area contributed by atoms with Gasteiger partial charge in [-0.05, 0) is 17.0 Å². The number of rotatable bonds is 8. The van der Waals surface area contributed by atoms with Crippen LogP contribution in [-0.4, -0.2) is 22.0 Å². The van der Waals surface area contributed by atoms with Crippen LogP contribution in [0.2, 0.25) is 0 Å². The molecule has 9 heteroatoms. The van der Waals surface area contributed by atoms with E-state index in [1.54, 1.807) is 11.8 Å². The molecule has 0 saturated carbocycles. The number of nitrogens with zero attached hydrogens (tertiary/aromatic N) is 2. The van der Waals surface area contributed by atoms with Crippen LogP contribution in [0.25, 0.3) is 0 Å². The lowest BCUT2D eigenvalue weighted by Crippen LogP contribution is -2.29. The monoisotopic (exact) mass is 418 g/mol. The van der Waals surface area contributed by atoms with Crippen LogP contribution in [0.15, 0.2) is 52.2 Å². The standard InChI is InChI=1S/C18H18N4O2S3/c1-12(23)19-14(15-8-5-9-25-15)10-16(24)20-17-21-22-18(27-17)26-11-13-6-3-2-4-7-13/h2-9,14H,10-11H2,1H3,(H,19,23)(H,20,21,24). The van der Waals surface area contributed by atoms with Gasteiger partial charge >= 0.3 is 0 Å². The SMILES string of the molecule is CC(=O)NC(CC(=O)Nc1nnc(SCc2ccccc2)s1)c1cccs1. The van der Waals surface area contributed by atoms with Gasteiger partial charge in [0.2, 0.25) is 16.9 Å². The highest BCUT2D eigenvalue weighted by Crippen LogP contribution is 2.29. The van der Waals surface area contributed by atoms with E-state index in [9.17, 15) is 9.59 Å². The summed E-state index contributed by atoms with van der Waals surface area (Å²) in [6, 6.07) is 13.6. The zero-order valence-corrected chi connectivity index (χ0v) is 17.0. The second kappa shape index (κ2) is 9.63. The van der Waals surface area contributed by atoms with Gasteiger partial charge in [-0.25, -0.2) is 0 Å². The maximum atomic E-state index is 12.4. The number of nitrogens with one attached hydrogen (secondary N) is 2. The number of hydrogen-bond donors (Lipinski definition) is 2. The van der Waals surface area contributed by atoms with Crippen LogP contribution in [0.4, 0.5) is 5.13 Å². The Hall–Kier alpha value is -2.23. The van der Waals surface area contributed by atoms with E-state index in [0.717, 1.165) is 15.0 Å². The van der Waals surface area contributed by atoms with Gasteiger partial charge in [-0.3, -0.25) is 9.59 Å². The molecule has 1 unspecified atom stereocenters. The normalized spacial score (nSPS) is 11.7. The van der Waals surface area contributed by atoms with Crippen molar-refractivity contribution in [3.05, 3.63) is 58.3 Å². The number of carbonyl (C=O) groups excluding carboxylic acids is 2. The highest BCUT2D eigenvalue weighted by atomic mass is 32.2. The fraction of sp³-hybridized carbons (Fsp3) is 0.222. The molecule has 2 aromatic heterocycles. The summed E-state index contributed by atoms with van der Waals surface area (Å²) in [6.07, 6.45) is 0.145. The summed E-state index contributed by atoms with van der Waals surface area (Å²) < 4.78 is 0.797. The van der Waals surface area contributed by atoms with E-state index < -0.39 is 0 Å². The zero-order chi connectivity index (χ0) is 19.1. The van der Waals surface area contributed by atoms with Crippen molar-refractivity contribution in [2.75, 3.05) is 5.32 Å². The van der Waals surface area contributed by atoms with E-state index in [1.807, 2.05) is 35.7 Å². The second-order valence-corrected chi connectivity index (χ2v) is 8.85. The third-order valence-electron chi connectivity index (χ3n) is 3.51. The molecule has 0 aliphatic rings. The van der Waals surface area contributed by atoms with E-state index in [1.165, 1.54) is 35.2 Å². The molecule has 2 N–H and O–H groups in total. The zero-order valence-electron chi connectivity index (χ0n) is 14.5. The molecule has 0 aliphatic heterocycles. The molecule has 0 saturated heterocycles. The first kappa shape index (κ1) is 19.5. The van der Waals surface area contributed by atoms with E-state index in [2.05, 4.69) is 33.0 Å². The summed E-state index contributed by atoms with van der Waals surface area (Å²) in [7, 11) is 0. The van der Waals surface area contributed by atoms with Crippen molar-refractivity contribution in [1.29, 1.82) is 0 Å². The minimum absolute atomic E-state index is 0.145. The van der Waals surface area contributed by atoms with E-state index >= 15 is 0 Å². The van der Waals surface area contributed by atoms with Crippen molar-refractivity contribution in [2.24, 2.45) is 0 Å². The maximum Gasteiger partial charge on any atom is 0.228 e. The minimum Gasteiger partial charge on any atom is -0.348 e. The first-order valence-corrected chi connectivity index (χ1v) is 10.9. The van der Waals surface area contributed by atoms with Crippen LogP contribution in [0.3, 0.4) is 0 Å². The molecule has 0 fully saturated rings. The number of aromatic nitrogens is 2. The average molecular weight is 419 g/mol. The lowest BCUT2D eigenvalue weighted by atomic mass is 10.1. The Morgan fingerprint density at radius 3 is 2.67 bits per heavy atom. The summed E-state index contributed by atoms with van der Waals surface area (Å²) in [6.45, 7) is 1.44. The minimum atomic E-state index is -0.345. The lowest BCUT2D eigenvalue weighted by molar-refractivity contribution is -0.120. The first-order valence-electron chi connectivity index (χ1n) is 8.21. The molecule has 3 aromatic rings. The molecule has 27 heavy (non-hydrogen) atoms. The Morgan fingerprint density at radius 1 is 1.15 bits per heavy atom. The maximum absolute atomic E-state index is 12.4. The molecule has 0 radical (unpaired) electrons. The van der Waals surface area contributed by atoms with Crippen molar-refractivity contribution in [3.8, 4) is 0 Å². The molecule has 0 aliphatic carbocycles. The predicted octanol–water partition coefficient (Wildman–Crippen LogP) is 4.10. The largest absolute Gasteiger partial charge is 0.348 e. The van der Waals surface area contributed by atoms with Gasteiger partial charge in [0, 0.05) is 17.6 Å². The van der Waals surface area contributed by atoms with E-state index in [0.29, 0.717) is 5.13 Å². The van der Waals surface area contributed by atoms with Gasteiger partial charge in [0.1, 0.15) is 0 Å². The van der Waals surface area contributed by atoms with Gasteiger partial charge in [0.05, 0.1) is 12.5 Å². The van der Waals surface area contributed by atoms with Crippen molar-refractivity contribution >= 4 is 51.4 Å². The van der Waals surface area contributed by atoms with Gasteiger partial charge in [-0.15, -0.1) is 21.5 Å². The molecule has 1 atom stereocenters. The molecular formula is C18H18N4O2S3. The van der Waals surface area contributed by atoms with Crippen molar-refractivity contribution in [3.63, 3.8) is 0 Å². The fourth-order valence-electron chi connectivity index (χ4n) is 2.35. The van der Waals surface area contributed by atoms with E-state index in [-0.39, 0.29) is 24.3 Å². The number of amides is 2. The Bertz CT molecular complexity index is 881. The third-order valence-corrected chi connectivity index (χ3v) is 6.54. The Kier molecular flexibility index (Phi) is 6.97. The van der Waals surface area contributed by atoms with Crippen molar-refractivity contribution in [2.45, 2.75) is 29.5 Å².